The Morgan fingerprint density at radius 1 is 1.58 bits per heavy atom. The molecule has 0 aromatic carbocycles. The summed E-state index contributed by atoms with van der Waals surface area (Å²) >= 11 is 1.56. The lowest BCUT2D eigenvalue weighted by Crippen LogP contribution is -2.27. The number of nitrogens with one attached hydrogen (secondary N) is 2. The van der Waals surface area contributed by atoms with Gasteiger partial charge in [0.15, 0.2) is 0 Å². The number of thiazole rings is 1. The van der Waals surface area contributed by atoms with E-state index in [2.05, 4.69) is 15.3 Å². The number of rotatable bonds is 4. The second-order valence-electron chi connectivity index (χ2n) is 5.03. The highest BCUT2D eigenvalue weighted by Crippen LogP contribution is 2.37. The minimum absolute atomic E-state index is 0.00375. The van der Waals surface area contributed by atoms with Gasteiger partial charge in [0.25, 0.3) is 5.91 Å². The van der Waals surface area contributed by atoms with Crippen LogP contribution in [0, 0.1) is 0 Å². The van der Waals surface area contributed by atoms with Crippen molar-refractivity contribution >= 4 is 17.2 Å². The molecule has 0 bridgehead atoms. The zero-order valence-electron chi connectivity index (χ0n) is 10.8. The minimum atomic E-state index is 0.00375. The van der Waals surface area contributed by atoms with E-state index >= 15 is 0 Å². The molecule has 5 heteroatoms. The van der Waals surface area contributed by atoms with Crippen LogP contribution in [-0.2, 0) is 0 Å². The van der Waals surface area contributed by atoms with Crippen LogP contribution < -0.4 is 5.32 Å². The highest BCUT2D eigenvalue weighted by atomic mass is 32.1. The Balaban J connectivity index is 1.72. The summed E-state index contributed by atoms with van der Waals surface area (Å²) in [5, 5.41) is 3.04. The van der Waals surface area contributed by atoms with Gasteiger partial charge < -0.3 is 10.3 Å². The van der Waals surface area contributed by atoms with Crippen molar-refractivity contribution in [2.45, 2.75) is 38.1 Å². The van der Waals surface area contributed by atoms with Crippen molar-refractivity contribution in [3.8, 4) is 0 Å². The smallest absolute Gasteiger partial charge is 0.253 e. The predicted octanol–water partition coefficient (Wildman–Crippen LogP) is 3.23. The van der Waals surface area contributed by atoms with Gasteiger partial charge in [0.05, 0.1) is 17.1 Å². The monoisotopic (exact) mass is 275 g/mol. The van der Waals surface area contributed by atoms with Crippen molar-refractivity contribution in [2.75, 3.05) is 0 Å². The topological polar surface area (TPSA) is 57.8 Å². The molecule has 4 nitrogen and oxygen atoms in total. The molecule has 1 saturated carbocycles. The van der Waals surface area contributed by atoms with E-state index in [1.165, 1.54) is 19.3 Å². The number of carbonyl (C=O) groups excluding carboxylic acids is 1. The zero-order valence-corrected chi connectivity index (χ0v) is 11.7. The second kappa shape index (κ2) is 5.17. The molecule has 1 aliphatic carbocycles. The number of hydrogen-bond donors (Lipinski definition) is 2. The van der Waals surface area contributed by atoms with E-state index in [1.807, 2.05) is 19.2 Å². The van der Waals surface area contributed by atoms with Crippen molar-refractivity contribution in [1.29, 1.82) is 0 Å². The van der Waals surface area contributed by atoms with E-state index in [0.717, 1.165) is 16.1 Å². The van der Waals surface area contributed by atoms with Crippen LogP contribution in [0.25, 0.3) is 0 Å². The molecule has 3 rings (SSSR count). The first-order chi connectivity index (χ1) is 9.25. The fourth-order valence-electron chi connectivity index (χ4n) is 2.40. The molecule has 1 aliphatic rings. The zero-order chi connectivity index (χ0) is 13.2. The van der Waals surface area contributed by atoms with E-state index in [4.69, 9.17) is 0 Å². The maximum atomic E-state index is 12.3. The third kappa shape index (κ3) is 2.42. The van der Waals surface area contributed by atoms with Crippen LogP contribution in [0.5, 0.6) is 0 Å². The Labute approximate surface area is 116 Å². The molecule has 0 spiro atoms. The lowest BCUT2D eigenvalue weighted by atomic mass is 9.81. The first-order valence-corrected chi connectivity index (χ1v) is 7.50. The Hall–Kier alpha value is -1.62. The van der Waals surface area contributed by atoms with Crippen molar-refractivity contribution in [2.24, 2.45) is 0 Å². The molecular formula is C14H17N3OS. The van der Waals surface area contributed by atoms with E-state index in [9.17, 15) is 4.79 Å². The van der Waals surface area contributed by atoms with Crippen LogP contribution in [-0.4, -0.2) is 15.9 Å². The van der Waals surface area contributed by atoms with E-state index in [0.29, 0.717) is 5.92 Å². The largest absolute Gasteiger partial charge is 0.364 e. The number of amides is 1. The second-order valence-corrected chi connectivity index (χ2v) is 5.95. The molecule has 2 aromatic heterocycles. The van der Waals surface area contributed by atoms with Gasteiger partial charge in [0.2, 0.25) is 0 Å². The molecule has 19 heavy (non-hydrogen) atoms. The summed E-state index contributed by atoms with van der Waals surface area (Å²) in [6.07, 6.45) is 7.30. The standard InChI is InChI=1S/C14H17N3OS/c1-9(12-7-15-8-19-12)17-14(18)11-5-6-16-13(11)10-3-2-4-10/h5-10,16H,2-4H2,1H3,(H,17,18)/t9-/m0/s1. The van der Waals surface area contributed by atoms with Gasteiger partial charge in [-0.1, -0.05) is 6.42 Å². The van der Waals surface area contributed by atoms with Gasteiger partial charge in [0.1, 0.15) is 0 Å². The van der Waals surface area contributed by atoms with Gasteiger partial charge in [-0.05, 0) is 31.7 Å². The molecule has 2 aromatic rings. The van der Waals surface area contributed by atoms with Gasteiger partial charge in [-0.15, -0.1) is 11.3 Å². The molecule has 0 unspecified atom stereocenters. The molecule has 0 aliphatic heterocycles. The molecule has 2 N–H and O–H groups in total. The lowest BCUT2D eigenvalue weighted by molar-refractivity contribution is 0.0938. The van der Waals surface area contributed by atoms with Gasteiger partial charge >= 0.3 is 0 Å². The fourth-order valence-corrected chi connectivity index (χ4v) is 3.03. The quantitative estimate of drug-likeness (QED) is 0.900. The Bertz CT molecular complexity index is 557. The number of H-pyrrole nitrogens is 1. The summed E-state index contributed by atoms with van der Waals surface area (Å²) in [4.78, 5) is 20.7. The van der Waals surface area contributed by atoms with Crippen LogP contribution in [0.4, 0.5) is 0 Å². The highest BCUT2D eigenvalue weighted by molar-refractivity contribution is 7.09. The van der Waals surface area contributed by atoms with Gasteiger partial charge in [-0.2, -0.15) is 0 Å². The van der Waals surface area contributed by atoms with Crippen molar-refractivity contribution in [1.82, 2.24) is 15.3 Å². The SMILES string of the molecule is C[C@H](NC(=O)c1cc[nH]c1C1CCC1)c1cncs1. The molecule has 1 amide bonds. The summed E-state index contributed by atoms with van der Waals surface area (Å²) in [5.74, 6) is 0.540. The normalized spacial score (nSPS) is 16.9. The third-order valence-corrected chi connectivity index (χ3v) is 4.72. The minimum Gasteiger partial charge on any atom is -0.364 e. The van der Waals surface area contributed by atoms with Crippen LogP contribution in [0.15, 0.2) is 24.0 Å². The lowest BCUT2D eigenvalue weighted by Gasteiger charge is -2.25. The molecule has 0 radical (unpaired) electrons. The van der Waals surface area contributed by atoms with E-state index < -0.39 is 0 Å². The van der Waals surface area contributed by atoms with Crippen LogP contribution in [0.3, 0.4) is 0 Å². The average Bonchev–Trinajstić information content (AvgIpc) is 2.97. The van der Waals surface area contributed by atoms with Crippen molar-refractivity contribution in [3.05, 3.63) is 40.1 Å². The van der Waals surface area contributed by atoms with Crippen molar-refractivity contribution < 1.29 is 4.79 Å². The maximum Gasteiger partial charge on any atom is 0.253 e. The number of carbonyl (C=O) groups is 1. The van der Waals surface area contributed by atoms with Crippen LogP contribution >= 0.6 is 11.3 Å². The highest BCUT2D eigenvalue weighted by Gasteiger charge is 2.26. The third-order valence-electron chi connectivity index (χ3n) is 3.76. The molecular weight excluding hydrogens is 258 g/mol. The Morgan fingerprint density at radius 2 is 2.42 bits per heavy atom. The fraction of sp³-hybridized carbons (Fsp3) is 0.429. The summed E-state index contributed by atoms with van der Waals surface area (Å²) in [5.41, 5.74) is 3.68. The molecule has 1 fully saturated rings. The molecule has 1 atom stereocenters. The van der Waals surface area contributed by atoms with Crippen LogP contribution in [0.1, 0.15) is 59.1 Å². The van der Waals surface area contributed by atoms with E-state index in [1.54, 1.807) is 23.0 Å². The maximum absolute atomic E-state index is 12.3. The summed E-state index contributed by atoms with van der Waals surface area (Å²) in [6, 6.07) is 1.88. The number of hydrogen-bond acceptors (Lipinski definition) is 3. The number of aromatic nitrogens is 2. The number of nitrogens with zero attached hydrogens (tertiary/aromatic N) is 1. The first kappa shape index (κ1) is 12.4. The molecule has 100 valence electrons. The summed E-state index contributed by atoms with van der Waals surface area (Å²) in [6.45, 7) is 1.99. The predicted molar refractivity (Wildman–Crippen MR) is 75.4 cm³/mol. The molecule has 0 saturated heterocycles. The first-order valence-electron chi connectivity index (χ1n) is 6.62. The van der Waals surface area contributed by atoms with Gasteiger partial charge in [-0.25, -0.2) is 0 Å². The summed E-state index contributed by atoms with van der Waals surface area (Å²) < 4.78 is 0. The van der Waals surface area contributed by atoms with Crippen LogP contribution in [0.2, 0.25) is 0 Å². The van der Waals surface area contributed by atoms with E-state index in [-0.39, 0.29) is 11.9 Å². The Morgan fingerprint density at radius 3 is 3.05 bits per heavy atom. The number of aromatic amines is 1. The van der Waals surface area contributed by atoms with Gasteiger partial charge in [0, 0.05) is 23.0 Å². The Kier molecular flexibility index (Phi) is 3.38. The molecule has 2 heterocycles. The summed E-state index contributed by atoms with van der Waals surface area (Å²) in [7, 11) is 0. The average molecular weight is 275 g/mol. The van der Waals surface area contributed by atoms with Gasteiger partial charge in [-0.3, -0.25) is 9.78 Å². The van der Waals surface area contributed by atoms with Crippen molar-refractivity contribution in [3.63, 3.8) is 0 Å².